The van der Waals surface area contributed by atoms with E-state index >= 15 is 0 Å². The van der Waals surface area contributed by atoms with E-state index in [0.717, 1.165) is 28.5 Å². The number of fused-ring (bicyclic) bond motifs is 1. The van der Waals surface area contributed by atoms with Crippen LogP contribution in [-0.4, -0.2) is 25.8 Å². The zero-order valence-corrected chi connectivity index (χ0v) is 18.4. The van der Waals surface area contributed by atoms with Gasteiger partial charge in [0.15, 0.2) is 5.65 Å². The minimum absolute atomic E-state index is 0.155. The van der Waals surface area contributed by atoms with Crippen molar-refractivity contribution < 1.29 is 19.1 Å². The van der Waals surface area contributed by atoms with Crippen molar-refractivity contribution in [3.05, 3.63) is 102 Å². The number of carboxylic acid groups (broad SMARTS) is 1. The molecule has 5 aromatic rings. The lowest BCUT2D eigenvalue weighted by atomic mass is 10.1. The molecule has 0 aliphatic heterocycles. The average Bonchev–Trinajstić information content (AvgIpc) is 3.47. The Morgan fingerprint density at radius 1 is 1.06 bits per heavy atom. The van der Waals surface area contributed by atoms with Crippen molar-refractivity contribution in [1.82, 2.24) is 14.8 Å². The van der Waals surface area contributed by atoms with Crippen molar-refractivity contribution in [3.63, 3.8) is 0 Å². The highest BCUT2D eigenvalue weighted by Gasteiger charge is 2.19. The van der Waals surface area contributed by atoms with Gasteiger partial charge in [-0.05, 0) is 55.0 Å². The zero-order chi connectivity index (χ0) is 23.5. The van der Waals surface area contributed by atoms with E-state index in [1.807, 2.05) is 67.6 Å². The van der Waals surface area contributed by atoms with Crippen LogP contribution in [0.25, 0.3) is 11.0 Å². The van der Waals surface area contributed by atoms with E-state index in [0.29, 0.717) is 29.9 Å². The van der Waals surface area contributed by atoms with Crippen molar-refractivity contribution in [3.8, 4) is 11.5 Å². The van der Waals surface area contributed by atoms with Crippen molar-refractivity contribution in [1.29, 1.82) is 0 Å². The maximum Gasteiger partial charge on any atom is 0.336 e. The molecule has 8 nitrogen and oxygen atoms in total. The molecule has 34 heavy (non-hydrogen) atoms. The molecule has 0 unspecified atom stereocenters. The summed E-state index contributed by atoms with van der Waals surface area (Å²) in [5.41, 5.74) is 2.28. The molecule has 0 spiro atoms. The predicted molar refractivity (Wildman–Crippen MR) is 127 cm³/mol. The minimum Gasteiger partial charge on any atom is -0.478 e. The molecule has 0 bridgehead atoms. The summed E-state index contributed by atoms with van der Waals surface area (Å²) in [7, 11) is 0. The fraction of sp³-hybridized carbons (Fsp3) is 0.115. The first-order valence-corrected chi connectivity index (χ1v) is 10.8. The Hall–Kier alpha value is -4.59. The highest BCUT2D eigenvalue weighted by Crippen LogP contribution is 2.26. The first-order chi connectivity index (χ1) is 16.6. The predicted octanol–water partition coefficient (Wildman–Crippen LogP) is 5.48. The molecule has 8 heteroatoms. The number of hydrogen-bond acceptors (Lipinski definition) is 6. The van der Waals surface area contributed by atoms with Crippen LogP contribution in [0.15, 0.2) is 83.5 Å². The number of aromatic carboxylic acids is 1. The highest BCUT2D eigenvalue weighted by molar-refractivity contribution is 6.03. The largest absolute Gasteiger partial charge is 0.478 e. The SMILES string of the molecule is Cc1c2c(C(=O)O)cc(NCc3ccco3)nc2nn1Cc1ccc(Oc2ccccc2)cc1. The lowest BCUT2D eigenvalue weighted by Crippen LogP contribution is -2.05. The van der Waals surface area contributed by atoms with E-state index in [4.69, 9.17) is 9.15 Å². The monoisotopic (exact) mass is 454 g/mol. The fourth-order valence-electron chi connectivity index (χ4n) is 3.74. The number of hydrogen-bond donors (Lipinski definition) is 2. The summed E-state index contributed by atoms with van der Waals surface area (Å²) in [5.74, 6) is 1.62. The molecule has 170 valence electrons. The molecule has 0 atom stereocenters. The summed E-state index contributed by atoms with van der Waals surface area (Å²) in [6.45, 7) is 2.72. The van der Waals surface area contributed by atoms with Gasteiger partial charge in [-0.2, -0.15) is 5.10 Å². The number of rotatable bonds is 8. The number of para-hydroxylation sites is 1. The summed E-state index contributed by atoms with van der Waals surface area (Å²) >= 11 is 0. The highest BCUT2D eigenvalue weighted by atomic mass is 16.5. The third-order valence-corrected chi connectivity index (χ3v) is 5.45. The van der Waals surface area contributed by atoms with Gasteiger partial charge >= 0.3 is 5.97 Å². The van der Waals surface area contributed by atoms with E-state index in [1.165, 1.54) is 6.07 Å². The lowest BCUT2D eigenvalue weighted by molar-refractivity contribution is 0.0699. The number of aryl methyl sites for hydroxylation is 1. The van der Waals surface area contributed by atoms with Gasteiger partial charge in [-0.1, -0.05) is 30.3 Å². The molecule has 0 amide bonds. The third-order valence-electron chi connectivity index (χ3n) is 5.45. The van der Waals surface area contributed by atoms with E-state index in [9.17, 15) is 9.90 Å². The molecular weight excluding hydrogens is 432 g/mol. The van der Waals surface area contributed by atoms with Gasteiger partial charge in [-0.15, -0.1) is 0 Å². The van der Waals surface area contributed by atoms with E-state index in [1.54, 1.807) is 17.0 Å². The van der Waals surface area contributed by atoms with Crippen molar-refractivity contribution >= 4 is 22.8 Å². The number of anilines is 1. The Labute approximate surface area is 195 Å². The maximum atomic E-state index is 12.0. The summed E-state index contributed by atoms with van der Waals surface area (Å²) in [5, 5.41) is 18.0. The molecule has 3 aromatic heterocycles. The van der Waals surface area contributed by atoms with E-state index in [-0.39, 0.29) is 5.56 Å². The van der Waals surface area contributed by atoms with Gasteiger partial charge in [-0.25, -0.2) is 9.78 Å². The second-order valence-corrected chi connectivity index (χ2v) is 7.79. The van der Waals surface area contributed by atoms with Crippen molar-refractivity contribution in [2.45, 2.75) is 20.0 Å². The van der Waals surface area contributed by atoms with Crippen LogP contribution >= 0.6 is 0 Å². The first-order valence-electron chi connectivity index (χ1n) is 10.8. The van der Waals surface area contributed by atoms with Crippen LogP contribution in [0.1, 0.15) is 27.4 Å². The van der Waals surface area contributed by atoms with Crippen LogP contribution in [0.5, 0.6) is 11.5 Å². The first kappa shape index (κ1) is 21.3. The number of ether oxygens (including phenoxy) is 1. The molecule has 2 N–H and O–H groups in total. The molecule has 5 rings (SSSR count). The van der Waals surface area contributed by atoms with Gasteiger partial charge in [0.25, 0.3) is 0 Å². The summed E-state index contributed by atoms with van der Waals surface area (Å²) in [6, 6.07) is 22.5. The number of nitrogens with one attached hydrogen (secondary N) is 1. The number of aromatic nitrogens is 3. The number of carboxylic acids is 1. The standard InChI is InChI=1S/C26H22N4O4/c1-17-24-22(26(31)32)14-23(27-15-21-8-5-13-33-21)28-25(24)29-30(17)16-18-9-11-20(12-10-18)34-19-6-3-2-4-7-19/h2-14H,15-16H2,1H3,(H,31,32)(H,27,28,29). The molecule has 0 radical (unpaired) electrons. The molecule has 0 saturated heterocycles. The Balaban J connectivity index is 1.39. The van der Waals surface area contributed by atoms with Crippen molar-refractivity contribution in [2.24, 2.45) is 0 Å². The van der Waals surface area contributed by atoms with E-state index in [2.05, 4.69) is 15.4 Å². The molecular formula is C26H22N4O4. The maximum absolute atomic E-state index is 12.0. The van der Waals surface area contributed by atoms with Gasteiger partial charge in [-0.3, -0.25) is 4.68 Å². The number of carbonyl (C=O) groups is 1. The van der Waals surface area contributed by atoms with Crippen molar-refractivity contribution in [2.75, 3.05) is 5.32 Å². The van der Waals surface area contributed by atoms with Gasteiger partial charge in [0, 0.05) is 5.69 Å². The van der Waals surface area contributed by atoms with Gasteiger partial charge in [0.05, 0.1) is 30.3 Å². The Morgan fingerprint density at radius 3 is 2.53 bits per heavy atom. The fourth-order valence-corrected chi connectivity index (χ4v) is 3.74. The van der Waals surface area contributed by atoms with Crippen LogP contribution in [-0.2, 0) is 13.1 Å². The summed E-state index contributed by atoms with van der Waals surface area (Å²) in [6.07, 6.45) is 1.58. The number of pyridine rings is 1. The minimum atomic E-state index is -1.03. The second kappa shape index (κ2) is 9.11. The average molecular weight is 454 g/mol. The van der Waals surface area contributed by atoms with Crippen LogP contribution in [0.4, 0.5) is 5.82 Å². The van der Waals surface area contributed by atoms with E-state index < -0.39 is 5.97 Å². The van der Waals surface area contributed by atoms with Gasteiger partial charge in [0.2, 0.25) is 0 Å². The molecule has 0 aliphatic carbocycles. The molecule has 0 aliphatic rings. The smallest absolute Gasteiger partial charge is 0.336 e. The summed E-state index contributed by atoms with van der Waals surface area (Å²) < 4.78 is 12.9. The molecule has 2 aromatic carbocycles. The Bertz CT molecular complexity index is 1430. The number of furan rings is 1. The topological polar surface area (TPSA) is 102 Å². The quantitative estimate of drug-likeness (QED) is 0.320. The zero-order valence-electron chi connectivity index (χ0n) is 18.4. The Morgan fingerprint density at radius 2 is 1.82 bits per heavy atom. The molecule has 3 heterocycles. The number of nitrogens with zero attached hydrogens (tertiary/aromatic N) is 3. The number of benzene rings is 2. The second-order valence-electron chi connectivity index (χ2n) is 7.79. The third kappa shape index (κ3) is 4.47. The normalized spacial score (nSPS) is 11.0. The molecule has 0 fully saturated rings. The van der Waals surface area contributed by atoms with Crippen LogP contribution < -0.4 is 10.1 Å². The Kier molecular flexibility index (Phi) is 5.70. The molecule has 0 saturated carbocycles. The van der Waals surface area contributed by atoms with Crippen LogP contribution in [0.2, 0.25) is 0 Å². The van der Waals surface area contributed by atoms with Gasteiger partial charge in [0.1, 0.15) is 23.1 Å². The lowest BCUT2D eigenvalue weighted by Gasteiger charge is -2.08. The van der Waals surface area contributed by atoms with Crippen LogP contribution in [0, 0.1) is 6.92 Å². The van der Waals surface area contributed by atoms with Crippen LogP contribution in [0.3, 0.4) is 0 Å². The van der Waals surface area contributed by atoms with Gasteiger partial charge < -0.3 is 19.6 Å². The summed E-state index contributed by atoms with van der Waals surface area (Å²) in [4.78, 5) is 16.5.